The maximum Gasteiger partial charge on any atom is 0.221 e. The molecule has 23 heavy (non-hydrogen) atoms. The molecule has 0 unspecified atom stereocenters. The van der Waals surface area contributed by atoms with Gasteiger partial charge in [-0.1, -0.05) is 12.1 Å². The number of amides is 1. The molecule has 0 saturated carbocycles. The zero-order valence-electron chi connectivity index (χ0n) is 14.2. The average Bonchev–Trinajstić information content (AvgIpc) is 2.59. The van der Waals surface area contributed by atoms with Gasteiger partial charge in [0.2, 0.25) is 5.91 Å². The number of nitrogens with zero attached hydrogens (tertiary/aromatic N) is 1. The second kappa shape index (κ2) is 9.53. The molecule has 5 heteroatoms. The third-order valence-electron chi connectivity index (χ3n) is 4.16. The number of benzene rings is 1. The topological polar surface area (TPSA) is 50.8 Å². The zero-order chi connectivity index (χ0) is 16.5. The van der Waals surface area contributed by atoms with Gasteiger partial charge >= 0.3 is 0 Å². The van der Waals surface area contributed by atoms with E-state index in [1.807, 2.05) is 24.3 Å². The maximum atomic E-state index is 11.9. The molecule has 1 fully saturated rings. The van der Waals surface area contributed by atoms with Crippen LogP contribution in [-0.2, 0) is 16.1 Å². The first-order valence-electron chi connectivity index (χ1n) is 8.37. The second-order valence-electron chi connectivity index (χ2n) is 6.13. The molecule has 1 saturated heterocycles. The van der Waals surface area contributed by atoms with Crippen molar-refractivity contribution in [1.29, 1.82) is 0 Å². The normalized spacial score (nSPS) is 18.0. The van der Waals surface area contributed by atoms with Crippen LogP contribution in [0.2, 0.25) is 0 Å². The Hall–Kier alpha value is -1.59. The Bertz CT molecular complexity index is 470. The Morgan fingerprint density at radius 3 is 2.78 bits per heavy atom. The lowest BCUT2D eigenvalue weighted by Gasteiger charge is -2.27. The van der Waals surface area contributed by atoms with Gasteiger partial charge in [0.25, 0.3) is 0 Å². The largest absolute Gasteiger partial charge is 0.497 e. The first-order valence-corrected chi connectivity index (χ1v) is 8.37. The van der Waals surface area contributed by atoms with E-state index in [0.29, 0.717) is 19.1 Å². The SMILES string of the molecule is COc1ccc(CNC(=O)CCN(C)C[C@@H]2CCCCO2)cc1. The zero-order valence-corrected chi connectivity index (χ0v) is 14.2. The van der Waals surface area contributed by atoms with Gasteiger partial charge in [0, 0.05) is 32.7 Å². The summed E-state index contributed by atoms with van der Waals surface area (Å²) < 4.78 is 10.8. The van der Waals surface area contributed by atoms with E-state index in [4.69, 9.17) is 9.47 Å². The molecule has 2 rings (SSSR count). The molecular formula is C18H28N2O3. The second-order valence-corrected chi connectivity index (χ2v) is 6.13. The highest BCUT2D eigenvalue weighted by atomic mass is 16.5. The third-order valence-corrected chi connectivity index (χ3v) is 4.16. The summed E-state index contributed by atoms with van der Waals surface area (Å²) in [4.78, 5) is 14.1. The Labute approximate surface area is 139 Å². The molecule has 0 bridgehead atoms. The predicted molar refractivity (Wildman–Crippen MR) is 90.5 cm³/mol. The summed E-state index contributed by atoms with van der Waals surface area (Å²) in [5.41, 5.74) is 1.07. The fourth-order valence-corrected chi connectivity index (χ4v) is 2.72. The fourth-order valence-electron chi connectivity index (χ4n) is 2.72. The lowest BCUT2D eigenvalue weighted by molar-refractivity contribution is -0.121. The van der Waals surface area contributed by atoms with Gasteiger partial charge in [0.05, 0.1) is 13.2 Å². The predicted octanol–water partition coefficient (Wildman–Crippen LogP) is 2.20. The van der Waals surface area contributed by atoms with Gasteiger partial charge in [0.15, 0.2) is 0 Å². The van der Waals surface area contributed by atoms with E-state index in [1.54, 1.807) is 7.11 Å². The lowest BCUT2D eigenvalue weighted by atomic mass is 10.1. The number of carbonyl (C=O) groups is 1. The number of hydrogen-bond acceptors (Lipinski definition) is 4. The number of rotatable bonds is 8. The molecule has 1 atom stereocenters. The molecule has 0 spiro atoms. The number of likely N-dealkylation sites (N-methyl/N-ethyl adjacent to an activating group) is 1. The standard InChI is InChI=1S/C18H28N2O3/c1-20(14-17-5-3-4-12-23-17)11-10-18(21)19-13-15-6-8-16(22-2)9-7-15/h6-9,17H,3-5,10-14H2,1-2H3,(H,19,21)/t17-/m0/s1. The smallest absolute Gasteiger partial charge is 0.221 e. The Morgan fingerprint density at radius 2 is 2.13 bits per heavy atom. The van der Waals surface area contributed by atoms with Crippen LogP contribution in [0.4, 0.5) is 0 Å². The van der Waals surface area contributed by atoms with Gasteiger partial charge in [-0.25, -0.2) is 0 Å². The minimum atomic E-state index is 0.0808. The molecule has 5 nitrogen and oxygen atoms in total. The fraction of sp³-hybridized carbons (Fsp3) is 0.611. The quantitative estimate of drug-likeness (QED) is 0.798. The molecule has 0 aliphatic carbocycles. The molecule has 128 valence electrons. The van der Waals surface area contributed by atoms with Gasteiger partial charge in [-0.15, -0.1) is 0 Å². The number of nitrogens with one attached hydrogen (secondary N) is 1. The molecule has 1 heterocycles. The van der Waals surface area contributed by atoms with Gasteiger partial charge in [-0.2, -0.15) is 0 Å². The summed E-state index contributed by atoms with van der Waals surface area (Å²) in [7, 11) is 3.69. The van der Waals surface area contributed by atoms with E-state index < -0.39 is 0 Å². The first kappa shape index (κ1) is 17.8. The Balaban J connectivity index is 1.61. The van der Waals surface area contributed by atoms with Crippen molar-refractivity contribution in [2.24, 2.45) is 0 Å². The van der Waals surface area contributed by atoms with Gasteiger partial charge in [-0.3, -0.25) is 4.79 Å². The molecule has 1 aromatic carbocycles. The molecule has 0 radical (unpaired) electrons. The van der Waals surface area contributed by atoms with Gasteiger partial charge < -0.3 is 19.7 Å². The van der Waals surface area contributed by atoms with Crippen LogP contribution in [0.3, 0.4) is 0 Å². The van der Waals surface area contributed by atoms with Crippen LogP contribution in [0.1, 0.15) is 31.2 Å². The van der Waals surface area contributed by atoms with Crippen LogP contribution in [0.25, 0.3) is 0 Å². The summed E-state index contributed by atoms with van der Waals surface area (Å²) in [6.45, 7) is 3.10. The van der Waals surface area contributed by atoms with Gasteiger partial charge in [-0.05, 0) is 44.0 Å². The molecule has 1 aromatic rings. The first-order chi connectivity index (χ1) is 11.2. The highest BCUT2D eigenvalue weighted by Crippen LogP contribution is 2.13. The van der Waals surface area contributed by atoms with E-state index in [1.165, 1.54) is 12.8 Å². The third kappa shape index (κ3) is 6.59. The number of ether oxygens (including phenoxy) is 2. The van der Waals surface area contributed by atoms with E-state index in [0.717, 1.165) is 37.4 Å². The molecule has 1 aliphatic heterocycles. The minimum absolute atomic E-state index is 0.0808. The minimum Gasteiger partial charge on any atom is -0.497 e. The van der Waals surface area contributed by atoms with Crippen molar-refractivity contribution < 1.29 is 14.3 Å². The lowest BCUT2D eigenvalue weighted by Crippen LogP contribution is -2.35. The van der Waals surface area contributed by atoms with Crippen molar-refractivity contribution in [3.8, 4) is 5.75 Å². The number of carbonyl (C=O) groups excluding carboxylic acids is 1. The van der Waals surface area contributed by atoms with Crippen LogP contribution >= 0.6 is 0 Å². The number of methoxy groups -OCH3 is 1. The van der Waals surface area contributed by atoms with E-state index in [-0.39, 0.29) is 5.91 Å². The van der Waals surface area contributed by atoms with E-state index in [2.05, 4.69) is 17.3 Å². The molecule has 1 N–H and O–H groups in total. The average molecular weight is 320 g/mol. The highest BCUT2D eigenvalue weighted by molar-refractivity contribution is 5.76. The van der Waals surface area contributed by atoms with Crippen molar-refractivity contribution in [3.05, 3.63) is 29.8 Å². The van der Waals surface area contributed by atoms with Crippen molar-refractivity contribution in [3.63, 3.8) is 0 Å². The summed E-state index contributed by atoms with van der Waals surface area (Å²) in [5.74, 6) is 0.906. The Morgan fingerprint density at radius 1 is 1.35 bits per heavy atom. The summed E-state index contributed by atoms with van der Waals surface area (Å²) in [5, 5.41) is 2.96. The molecule has 0 aromatic heterocycles. The molecule has 1 aliphatic rings. The van der Waals surface area contributed by atoms with Crippen LogP contribution in [0, 0.1) is 0 Å². The van der Waals surface area contributed by atoms with Gasteiger partial charge in [0.1, 0.15) is 5.75 Å². The van der Waals surface area contributed by atoms with Crippen molar-refractivity contribution in [2.45, 2.75) is 38.3 Å². The van der Waals surface area contributed by atoms with E-state index >= 15 is 0 Å². The highest BCUT2D eigenvalue weighted by Gasteiger charge is 2.16. The monoisotopic (exact) mass is 320 g/mol. The van der Waals surface area contributed by atoms with Crippen LogP contribution in [-0.4, -0.2) is 50.8 Å². The summed E-state index contributed by atoms with van der Waals surface area (Å²) >= 11 is 0. The van der Waals surface area contributed by atoms with Crippen molar-refractivity contribution in [2.75, 3.05) is 33.9 Å². The molecule has 1 amide bonds. The Kier molecular flexibility index (Phi) is 7.36. The molecular weight excluding hydrogens is 292 g/mol. The summed E-state index contributed by atoms with van der Waals surface area (Å²) in [6.07, 6.45) is 4.40. The van der Waals surface area contributed by atoms with Crippen LogP contribution in [0.15, 0.2) is 24.3 Å². The number of hydrogen-bond donors (Lipinski definition) is 1. The van der Waals surface area contributed by atoms with Crippen LogP contribution in [0.5, 0.6) is 5.75 Å². The van der Waals surface area contributed by atoms with E-state index in [9.17, 15) is 4.79 Å². The summed E-state index contributed by atoms with van der Waals surface area (Å²) in [6, 6.07) is 7.73. The van der Waals surface area contributed by atoms with Crippen molar-refractivity contribution in [1.82, 2.24) is 10.2 Å². The maximum absolute atomic E-state index is 11.9. The van der Waals surface area contributed by atoms with Crippen LogP contribution < -0.4 is 10.1 Å². The van der Waals surface area contributed by atoms with Crippen molar-refractivity contribution >= 4 is 5.91 Å².